The van der Waals surface area contributed by atoms with Crippen LogP contribution in [0.2, 0.25) is 5.02 Å². The summed E-state index contributed by atoms with van der Waals surface area (Å²) in [5.41, 5.74) is 4.21. The summed E-state index contributed by atoms with van der Waals surface area (Å²) >= 11 is 9.45. The number of carbonyl (C=O) groups excluding carboxylic acids is 1. The molecule has 8 heteroatoms. The first-order chi connectivity index (χ1) is 16.5. The summed E-state index contributed by atoms with van der Waals surface area (Å²) in [6, 6.07) is 22.4. The van der Waals surface area contributed by atoms with Crippen LogP contribution in [0.1, 0.15) is 15.9 Å². The summed E-state index contributed by atoms with van der Waals surface area (Å²) in [6.07, 6.45) is 2.41. The van der Waals surface area contributed by atoms with Crippen molar-refractivity contribution in [2.45, 2.75) is 6.42 Å². The maximum Gasteiger partial charge on any atom is 0.251 e. The van der Waals surface area contributed by atoms with Gasteiger partial charge in [-0.2, -0.15) is 0 Å². The van der Waals surface area contributed by atoms with Gasteiger partial charge in [-0.1, -0.05) is 29.8 Å². The van der Waals surface area contributed by atoms with Gasteiger partial charge in [-0.3, -0.25) is 4.79 Å². The fourth-order valence-corrected chi connectivity index (χ4v) is 4.04. The fourth-order valence-electron chi connectivity index (χ4n) is 3.32. The van der Waals surface area contributed by atoms with Crippen LogP contribution in [0.15, 0.2) is 83.5 Å². The Bertz CT molecular complexity index is 1280. The van der Waals surface area contributed by atoms with Crippen molar-refractivity contribution in [2.24, 2.45) is 0 Å². The molecule has 0 spiro atoms. The number of benzene rings is 3. The number of hydrogen-bond donors (Lipinski definition) is 2. The lowest BCUT2D eigenvalue weighted by Crippen LogP contribution is -2.25. The van der Waals surface area contributed by atoms with E-state index in [1.807, 2.05) is 60.7 Å². The van der Waals surface area contributed by atoms with Crippen molar-refractivity contribution in [3.05, 3.63) is 99.6 Å². The molecule has 1 aromatic heterocycles. The fraction of sp³-hybridized carbons (Fsp3) is 0.115. The monoisotopic (exact) mass is 536 g/mol. The van der Waals surface area contributed by atoms with Crippen molar-refractivity contribution >= 4 is 45.1 Å². The topological polar surface area (TPSA) is 76.1 Å². The summed E-state index contributed by atoms with van der Waals surface area (Å²) in [4.78, 5) is 21.3. The standard InChI is InChI=1S/C26H22BrClN4O2/c1-34-24-11-2-17(16-22(24)27)12-14-29-25(33)19-5-9-21(10-6-19)31-26-30-15-13-23(32-26)18-3-7-20(28)8-4-18/h2-11,13,15-16H,12,14H2,1H3,(H,29,33)(H,30,31,32). The van der Waals surface area contributed by atoms with Crippen molar-refractivity contribution in [1.82, 2.24) is 15.3 Å². The van der Waals surface area contributed by atoms with E-state index in [1.54, 1.807) is 25.4 Å². The van der Waals surface area contributed by atoms with Crippen LogP contribution in [-0.2, 0) is 6.42 Å². The number of methoxy groups -OCH3 is 1. The predicted molar refractivity (Wildman–Crippen MR) is 139 cm³/mol. The van der Waals surface area contributed by atoms with Crippen LogP contribution in [-0.4, -0.2) is 29.5 Å². The number of hydrogen-bond acceptors (Lipinski definition) is 5. The van der Waals surface area contributed by atoms with Crippen LogP contribution < -0.4 is 15.4 Å². The highest BCUT2D eigenvalue weighted by atomic mass is 79.9. The minimum absolute atomic E-state index is 0.125. The normalized spacial score (nSPS) is 10.6. The Morgan fingerprint density at radius 2 is 1.79 bits per heavy atom. The number of nitrogens with zero attached hydrogens (tertiary/aromatic N) is 2. The van der Waals surface area contributed by atoms with E-state index in [0.717, 1.165) is 39.2 Å². The molecule has 0 aliphatic carbocycles. The second-order valence-corrected chi connectivity index (χ2v) is 8.74. The van der Waals surface area contributed by atoms with E-state index in [9.17, 15) is 4.79 Å². The summed E-state index contributed by atoms with van der Waals surface area (Å²) in [5.74, 6) is 1.12. The van der Waals surface area contributed by atoms with Gasteiger partial charge in [-0.05, 0) is 82.5 Å². The Hall–Kier alpha value is -3.42. The van der Waals surface area contributed by atoms with Crippen LogP contribution >= 0.6 is 27.5 Å². The third-order valence-electron chi connectivity index (χ3n) is 5.11. The molecule has 1 amide bonds. The average Bonchev–Trinajstić information content (AvgIpc) is 2.85. The molecule has 0 saturated heterocycles. The average molecular weight is 538 g/mol. The summed E-state index contributed by atoms with van der Waals surface area (Å²) in [7, 11) is 1.63. The van der Waals surface area contributed by atoms with Crippen LogP contribution in [0, 0.1) is 0 Å². The van der Waals surface area contributed by atoms with E-state index in [0.29, 0.717) is 23.1 Å². The first kappa shape index (κ1) is 23.7. The van der Waals surface area contributed by atoms with E-state index in [-0.39, 0.29) is 5.91 Å². The van der Waals surface area contributed by atoms with Crippen molar-refractivity contribution in [2.75, 3.05) is 19.0 Å². The van der Waals surface area contributed by atoms with Gasteiger partial charge in [0, 0.05) is 34.6 Å². The van der Waals surface area contributed by atoms with E-state index in [2.05, 4.69) is 36.5 Å². The van der Waals surface area contributed by atoms with Crippen molar-refractivity contribution in [1.29, 1.82) is 0 Å². The van der Waals surface area contributed by atoms with Crippen molar-refractivity contribution in [3.63, 3.8) is 0 Å². The molecule has 6 nitrogen and oxygen atoms in total. The molecule has 0 fully saturated rings. The maximum atomic E-state index is 12.5. The molecule has 0 bridgehead atoms. The second kappa shape index (κ2) is 11.1. The molecule has 0 aliphatic heterocycles. The zero-order chi connectivity index (χ0) is 23.9. The lowest BCUT2D eigenvalue weighted by atomic mass is 10.1. The molecule has 4 rings (SSSR count). The van der Waals surface area contributed by atoms with Crippen LogP contribution in [0.5, 0.6) is 5.75 Å². The highest BCUT2D eigenvalue weighted by Crippen LogP contribution is 2.25. The minimum atomic E-state index is -0.125. The first-order valence-electron chi connectivity index (χ1n) is 10.6. The van der Waals surface area contributed by atoms with E-state index in [4.69, 9.17) is 16.3 Å². The van der Waals surface area contributed by atoms with Gasteiger partial charge in [0.25, 0.3) is 5.91 Å². The van der Waals surface area contributed by atoms with Gasteiger partial charge < -0.3 is 15.4 Å². The molecule has 0 radical (unpaired) electrons. The number of ether oxygens (including phenoxy) is 1. The van der Waals surface area contributed by atoms with Crippen LogP contribution in [0.25, 0.3) is 11.3 Å². The molecule has 1 heterocycles. The van der Waals surface area contributed by atoms with Crippen LogP contribution in [0.4, 0.5) is 11.6 Å². The van der Waals surface area contributed by atoms with E-state index in [1.165, 1.54) is 0 Å². The lowest BCUT2D eigenvalue weighted by Gasteiger charge is -2.09. The number of halogens is 2. The predicted octanol–water partition coefficient (Wildman–Crippen LogP) is 6.28. The number of carbonyl (C=O) groups is 1. The molecular weight excluding hydrogens is 516 g/mol. The quantitative estimate of drug-likeness (QED) is 0.276. The third kappa shape index (κ3) is 6.12. The Labute approximate surface area is 211 Å². The smallest absolute Gasteiger partial charge is 0.251 e. The number of amides is 1. The van der Waals surface area contributed by atoms with Gasteiger partial charge in [0.2, 0.25) is 5.95 Å². The molecular formula is C26H22BrClN4O2. The maximum absolute atomic E-state index is 12.5. The van der Waals surface area contributed by atoms with Crippen molar-refractivity contribution < 1.29 is 9.53 Å². The number of anilines is 2. The Balaban J connectivity index is 1.33. The zero-order valence-electron chi connectivity index (χ0n) is 18.4. The van der Waals surface area contributed by atoms with Gasteiger partial charge in [0.15, 0.2) is 0 Å². The minimum Gasteiger partial charge on any atom is -0.496 e. The molecule has 0 aliphatic rings. The highest BCUT2D eigenvalue weighted by Gasteiger charge is 2.08. The van der Waals surface area contributed by atoms with Gasteiger partial charge in [0.05, 0.1) is 17.3 Å². The molecule has 0 atom stereocenters. The SMILES string of the molecule is COc1ccc(CCNC(=O)c2ccc(Nc3nccc(-c4ccc(Cl)cc4)n3)cc2)cc1Br. The number of nitrogens with one attached hydrogen (secondary N) is 2. The Morgan fingerprint density at radius 3 is 2.50 bits per heavy atom. The van der Waals surface area contributed by atoms with E-state index < -0.39 is 0 Å². The Kier molecular flexibility index (Phi) is 7.77. The third-order valence-corrected chi connectivity index (χ3v) is 5.99. The van der Waals surface area contributed by atoms with Crippen LogP contribution in [0.3, 0.4) is 0 Å². The molecule has 34 heavy (non-hydrogen) atoms. The molecule has 3 aromatic carbocycles. The lowest BCUT2D eigenvalue weighted by molar-refractivity contribution is 0.0954. The number of rotatable bonds is 8. The zero-order valence-corrected chi connectivity index (χ0v) is 20.7. The largest absolute Gasteiger partial charge is 0.496 e. The summed E-state index contributed by atoms with van der Waals surface area (Å²) in [5, 5.41) is 6.81. The molecule has 0 unspecified atom stereocenters. The molecule has 4 aromatic rings. The molecule has 0 saturated carbocycles. The number of aromatic nitrogens is 2. The Morgan fingerprint density at radius 1 is 1.03 bits per heavy atom. The molecule has 172 valence electrons. The van der Waals surface area contributed by atoms with Gasteiger partial charge in [-0.15, -0.1) is 0 Å². The van der Waals surface area contributed by atoms with Gasteiger partial charge >= 0.3 is 0 Å². The van der Waals surface area contributed by atoms with Gasteiger partial charge in [-0.25, -0.2) is 9.97 Å². The van der Waals surface area contributed by atoms with Crippen molar-refractivity contribution in [3.8, 4) is 17.0 Å². The second-order valence-electron chi connectivity index (χ2n) is 7.45. The molecule has 2 N–H and O–H groups in total. The van der Waals surface area contributed by atoms with E-state index >= 15 is 0 Å². The summed E-state index contributed by atoms with van der Waals surface area (Å²) in [6.45, 7) is 0.531. The van der Waals surface area contributed by atoms with Gasteiger partial charge in [0.1, 0.15) is 5.75 Å². The highest BCUT2D eigenvalue weighted by molar-refractivity contribution is 9.10. The first-order valence-corrected chi connectivity index (χ1v) is 11.8. The summed E-state index contributed by atoms with van der Waals surface area (Å²) < 4.78 is 6.14.